The minimum absolute atomic E-state index is 0.170. The SMILES string of the molecule is CCCCCCCCCCOc1ccc(/C=C/c2ccc(C3=C(O)C(c4ccc([CH+]C=C5C=CC(OCCCCCC)=C[CH+]5)cc4)C3[O-])cc2)cc1. The number of ether oxygens (including phenoxy) is 2. The van der Waals surface area contributed by atoms with E-state index < -0.39 is 12.0 Å². The topological polar surface area (TPSA) is 61.8 Å². The zero-order valence-corrected chi connectivity index (χ0v) is 31.3. The fraction of sp³-hybridized carbons (Fsp3) is 0.375. The third kappa shape index (κ3) is 11.7. The second-order valence-electron chi connectivity index (χ2n) is 14.0. The van der Waals surface area contributed by atoms with Crippen LogP contribution in [0, 0.1) is 12.8 Å². The standard InChI is InChI=1S/C48H56O4/c1-3-5-7-9-10-11-12-14-36-52-44-33-25-40(26-34-44)18-16-38-21-29-42(30-22-38)46-47(49)45(48(46)50)41-27-19-37(20-28-41)15-17-39-23-31-43(32-24-39)51-35-13-8-6-4-2/h15-34,45,47H,3-14,35-36H2,1-2H3/p+1/b18-16+. The van der Waals surface area contributed by atoms with Crippen molar-refractivity contribution in [1.82, 2.24) is 0 Å². The molecule has 0 aliphatic heterocycles. The molecule has 2 unspecified atom stereocenters. The van der Waals surface area contributed by atoms with Crippen LogP contribution < -0.4 is 9.84 Å². The van der Waals surface area contributed by atoms with Crippen molar-refractivity contribution in [3.8, 4) is 5.75 Å². The zero-order chi connectivity index (χ0) is 36.4. The summed E-state index contributed by atoms with van der Waals surface area (Å²) in [6.07, 6.45) is 30.5. The van der Waals surface area contributed by atoms with Crippen molar-refractivity contribution in [2.45, 2.75) is 103 Å². The van der Waals surface area contributed by atoms with E-state index in [1.807, 2.05) is 72.8 Å². The van der Waals surface area contributed by atoms with Gasteiger partial charge in [-0.1, -0.05) is 133 Å². The number of aliphatic hydroxyl groups is 1. The Morgan fingerprint density at radius 3 is 1.87 bits per heavy atom. The van der Waals surface area contributed by atoms with Gasteiger partial charge in [-0.2, -0.15) is 0 Å². The Balaban J connectivity index is 1.05. The molecule has 272 valence electrons. The molecule has 4 nitrogen and oxygen atoms in total. The predicted molar refractivity (Wildman–Crippen MR) is 216 cm³/mol. The van der Waals surface area contributed by atoms with Gasteiger partial charge in [0.1, 0.15) is 29.8 Å². The zero-order valence-electron chi connectivity index (χ0n) is 31.3. The van der Waals surface area contributed by atoms with Crippen LogP contribution in [0.1, 0.15) is 125 Å². The highest BCUT2D eigenvalue weighted by atomic mass is 16.5. The van der Waals surface area contributed by atoms with E-state index in [1.54, 1.807) is 0 Å². The summed E-state index contributed by atoms with van der Waals surface area (Å²) in [5.74, 6) is 1.45. The molecule has 0 fully saturated rings. The van der Waals surface area contributed by atoms with Crippen LogP contribution in [0.5, 0.6) is 5.75 Å². The van der Waals surface area contributed by atoms with Crippen LogP contribution in [0.4, 0.5) is 0 Å². The number of hydrogen-bond acceptors (Lipinski definition) is 4. The first-order valence-corrected chi connectivity index (χ1v) is 19.7. The van der Waals surface area contributed by atoms with Crippen molar-refractivity contribution >= 4 is 17.7 Å². The summed E-state index contributed by atoms with van der Waals surface area (Å²) in [5.41, 5.74) is 6.35. The number of hydrogen-bond donors (Lipinski definition) is 1. The molecule has 0 saturated carbocycles. The van der Waals surface area contributed by atoms with Crippen LogP contribution in [-0.2, 0) is 4.74 Å². The molecule has 0 bridgehead atoms. The largest absolute Gasteiger partial charge is 0.848 e. The highest BCUT2D eigenvalue weighted by molar-refractivity contribution is 5.80. The maximum Gasteiger partial charge on any atom is 0.200 e. The van der Waals surface area contributed by atoms with E-state index in [-0.39, 0.29) is 5.76 Å². The molecule has 52 heavy (non-hydrogen) atoms. The van der Waals surface area contributed by atoms with E-state index in [0.717, 1.165) is 71.0 Å². The summed E-state index contributed by atoms with van der Waals surface area (Å²) < 4.78 is 11.8. The van der Waals surface area contributed by atoms with Crippen molar-refractivity contribution in [3.63, 3.8) is 0 Å². The molecule has 0 aromatic heterocycles. The molecule has 5 rings (SSSR count). The van der Waals surface area contributed by atoms with Gasteiger partial charge in [-0.3, -0.25) is 0 Å². The van der Waals surface area contributed by atoms with Crippen LogP contribution in [0.2, 0.25) is 0 Å². The van der Waals surface area contributed by atoms with E-state index in [9.17, 15) is 10.2 Å². The van der Waals surface area contributed by atoms with E-state index in [1.165, 1.54) is 64.2 Å². The fourth-order valence-corrected chi connectivity index (χ4v) is 6.64. The van der Waals surface area contributed by atoms with Gasteiger partial charge in [0.15, 0.2) is 5.57 Å². The quantitative estimate of drug-likeness (QED) is 0.0645. The van der Waals surface area contributed by atoms with E-state index in [2.05, 4.69) is 63.1 Å². The summed E-state index contributed by atoms with van der Waals surface area (Å²) >= 11 is 0. The first kappa shape index (κ1) is 38.7. The van der Waals surface area contributed by atoms with Gasteiger partial charge in [0, 0.05) is 18.1 Å². The van der Waals surface area contributed by atoms with E-state index in [0.29, 0.717) is 5.57 Å². The lowest BCUT2D eigenvalue weighted by atomic mass is 9.73. The highest BCUT2D eigenvalue weighted by Gasteiger charge is 2.35. The van der Waals surface area contributed by atoms with Crippen molar-refractivity contribution in [2.75, 3.05) is 13.2 Å². The molecule has 0 saturated heterocycles. The van der Waals surface area contributed by atoms with Gasteiger partial charge in [0.2, 0.25) is 5.76 Å². The monoisotopic (exact) mass is 697 g/mol. The number of unbranched alkanes of at least 4 members (excludes halogenated alkanes) is 10. The molecule has 0 spiro atoms. The number of benzene rings is 3. The molecule has 0 heterocycles. The summed E-state index contributed by atoms with van der Waals surface area (Å²) in [7, 11) is 0. The van der Waals surface area contributed by atoms with Gasteiger partial charge in [0.05, 0.1) is 37.7 Å². The molecule has 2 atom stereocenters. The summed E-state index contributed by atoms with van der Waals surface area (Å²) in [5, 5.41) is 24.3. The van der Waals surface area contributed by atoms with Gasteiger partial charge < -0.3 is 19.7 Å². The second kappa shape index (κ2) is 21.1. The highest BCUT2D eigenvalue weighted by Crippen LogP contribution is 2.45. The Morgan fingerprint density at radius 1 is 0.692 bits per heavy atom. The van der Waals surface area contributed by atoms with Crippen molar-refractivity contribution in [3.05, 3.63) is 155 Å². The molecule has 3 aromatic carbocycles. The van der Waals surface area contributed by atoms with Crippen LogP contribution in [-0.4, -0.2) is 24.4 Å². The molecule has 3 aromatic rings. The van der Waals surface area contributed by atoms with Crippen LogP contribution in [0.15, 0.2) is 114 Å². The Labute approximate surface area is 313 Å². The smallest absolute Gasteiger partial charge is 0.200 e. The Hall–Kier alpha value is -4.54. The number of allylic oxidation sites excluding steroid dienone is 5. The number of aliphatic hydroxyl groups excluding tert-OH is 1. The van der Waals surface area contributed by atoms with Crippen molar-refractivity contribution < 1.29 is 19.7 Å². The third-order valence-electron chi connectivity index (χ3n) is 9.90. The fourth-order valence-electron chi connectivity index (χ4n) is 6.64. The first-order valence-electron chi connectivity index (χ1n) is 19.7. The van der Waals surface area contributed by atoms with E-state index in [4.69, 9.17) is 9.47 Å². The average molecular weight is 698 g/mol. The van der Waals surface area contributed by atoms with Gasteiger partial charge in [-0.15, -0.1) is 0 Å². The maximum absolute atomic E-state index is 13.3. The minimum Gasteiger partial charge on any atom is -0.848 e. The summed E-state index contributed by atoms with van der Waals surface area (Å²) in [6.45, 7) is 6.00. The summed E-state index contributed by atoms with van der Waals surface area (Å²) in [6, 6.07) is 23.9. The molecule has 2 aliphatic rings. The van der Waals surface area contributed by atoms with Gasteiger partial charge in [-0.05, 0) is 64.9 Å². The molecule has 0 amide bonds. The average Bonchev–Trinajstić information content (AvgIpc) is 3.17. The van der Waals surface area contributed by atoms with Gasteiger partial charge in [-0.25, -0.2) is 0 Å². The molecule has 1 N–H and O–H groups in total. The molecular formula is C48H57O4+. The van der Waals surface area contributed by atoms with Gasteiger partial charge >= 0.3 is 0 Å². The second-order valence-corrected chi connectivity index (χ2v) is 14.0. The molecule has 4 heteroatoms. The Kier molecular flexibility index (Phi) is 15.7. The van der Waals surface area contributed by atoms with Crippen LogP contribution in [0.25, 0.3) is 17.7 Å². The molecular weight excluding hydrogens is 641 g/mol. The lowest BCUT2D eigenvalue weighted by molar-refractivity contribution is -0.409. The predicted octanol–water partition coefficient (Wildman–Crippen LogP) is 11.9. The lowest BCUT2D eigenvalue weighted by Gasteiger charge is -2.44. The maximum atomic E-state index is 13.3. The number of rotatable bonds is 22. The molecule has 0 radical (unpaired) electrons. The summed E-state index contributed by atoms with van der Waals surface area (Å²) in [4.78, 5) is 0. The first-order chi connectivity index (χ1) is 25.6. The van der Waals surface area contributed by atoms with Crippen LogP contribution in [0.3, 0.4) is 0 Å². The van der Waals surface area contributed by atoms with Crippen molar-refractivity contribution in [2.24, 2.45) is 0 Å². The Morgan fingerprint density at radius 2 is 1.27 bits per heavy atom. The normalized spacial score (nSPS) is 17.6. The third-order valence-corrected chi connectivity index (χ3v) is 9.90. The van der Waals surface area contributed by atoms with Crippen molar-refractivity contribution in [1.29, 1.82) is 0 Å². The van der Waals surface area contributed by atoms with E-state index >= 15 is 0 Å². The van der Waals surface area contributed by atoms with Crippen LogP contribution >= 0.6 is 0 Å². The Bertz CT molecular complexity index is 1650. The molecule has 2 aliphatic carbocycles. The lowest BCUT2D eigenvalue weighted by Crippen LogP contribution is -2.43. The van der Waals surface area contributed by atoms with Gasteiger partial charge in [0.25, 0.3) is 0 Å². The minimum atomic E-state index is -1.01.